The predicted octanol–water partition coefficient (Wildman–Crippen LogP) is 4.78. The van der Waals surface area contributed by atoms with Crippen LogP contribution >= 0.6 is 0 Å². The minimum atomic E-state index is -4.27. The van der Waals surface area contributed by atoms with Crippen molar-refractivity contribution in [3.8, 4) is 17.3 Å². The molecule has 4 rings (SSSR count). The molecule has 1 aliphatic rings. The summed E-state index contributed by atoms with van der Waals surface area (Å²) < 4.78 is 45.0. The summed E-state index contributed by atoms with van der Waals surface area (Å²) in [6.07, 6.45) is -1.52. The van der Waals surface area contributed by atoms with E-state index in [1.165, 1.54) is 18.5 Å². The minimum Gasteiger partial charge on any atom is -0.441 e. The van der Waals surface area contributed by atoms with Crippen LogP contribution in [0, 0.1) is 23.7 Å². The van der Waals surface area contributed by atoms with Crippen molar-refractivity contribution in [3.63, 3.8) is 0 Å². The van der Waals surface area contributed by atoms with Crippen molar-refractivity contribution in [1.82, 2.24) is 9.97 Å². The van der Waals surface area contributed by atoms with Gasteiger partial charge < -0.3 is 10.2 Å². The number of pyridine rings is 1. The second kappa shape index (κ2) is 7.54. The number of nitrogens with two attached hydrogens (primary N) is 1. The van der Waals surface area contributed by atoms with Crippen LogP contribution in [0.3, 0.4) is 0 Å². The number of nitriles is 1. The predicted molar refractivity (Wildman–Crippen MR) is 110 cm³/mol. The molecule has 9 heteroatoms. The third kappa shape index (κ3) is 3.89. The summed E-state index contributed by atoms with van der Waals surface area (Å²) in [6, 6.07) is 10.5. The van der Waals surface area contributed by atoms with Gasteiger partial charge in [0.1, 0.15) is 17.3 Å². The molecule has 0 bridgehead atoms. The van der Waals surface area contributed by atoms with E-state index >= 15 is 0 Å². The molecule has 0 spiro atoms. The number of nitrogens with zero attached hydrogens (tertiary/aromatic N) is 4. The Morgan fingerprint density at radius 3 is 2.71 bits per heavy atom. The van der Waals surface area contributed by atoms with Gasteiger partial charge in [0, 0.05) is 36.0 Å². The number of rotatable bonds is 5. The van der Waals surface area contributed by atoms with Crippen LogP contribution in [0.5, 0.6) is 0 Å². The second-order valence-electron chi connectivity index (χ2n) is 7.49. The average Bonchev–Trinajstić information content (AvgIpc) is 3.45. The first-order valence-electron chi connectivity index (χ1n) is 9.54. The van der Waals surface area contributed by atoms with Gasteiger partial charge in [-0.3, -0.25) is 4.99 Å². The van der Waals surface area contributed by atoms with E-state index in [0.29, 0.717) is 39.4 Å². The van der Waals surface area contributed by atoms with E-state index in [4.69, 9.17) is 10.2 Å². The maximum atomic E-state index is 13.2. The van der Waals surface area contributed by atoms with E-state index in [1.807, 2.05) is 6.07 Å². The average molecular weight is 425 g/mol. The summed E-state index contributed by atoms with van der Waals surface area (Å²) in [5.41, 5.74) is 7.52. The summed E-state index contributed by atoms with van der Waals surface area (Å²) >= 11 is 0. The number of aliphatic imine (C=N–C) groups is 1. The SMILES string of the molecule is Cc1nc2cc(-c3nc(C#N)ccc3C(C=NCC3(C(F)(F)F)CC3)=CN)ccc2o1. The number of alkyl halides is 3. The van der Waals surface area contributed by atoms with E-state index in [0.717, 1.165) is 0 Å². The monoisotopic (exact) mass is 425 g/mol. The topological polar surface area (TPSA) is 101 Å². The van der Waals surface area contributed by atoms with Crippen molar-refractivity contribution in [2.75, 3.05) is 6.54 Å². The van der Waals surface area contributed by atoms with E-state index in [1.54, 1.807) is 31.2 Å². The Bertz CT molecular complexity index is 1250. The Kier molecular flexibility index (Phi) is 5.01. The van der Waals surface area contributed by atoms with Crippen LogP contribution in [-0.2, 0) is 0 Å². The molecule has 2 heterocycles. The quantitative estimate of drug-likeness (QED) is 0.593. The van der Waals surface area contributed by atoms with Crippen LogP contribution < -0.4 is 5.73 Å². The standard InChI is InChI=1S/C22H18F3N5O/c1-13-29-18-8-14(2-5-19(18)31-13)20-17(4-3-16(10-27)30-20)15(9-26)11-28-12-21(6-7-21)22(23,24)25/h2-5,8-9,11H,6-7,12,26H2,1H3. The van der Waals surface area contributed by atoms with E-state index in [2.05, 4.69) is 15.0 Å². The molecule has 3 aromatic rings. The van der Waals surface area contributed by atoms with Gasteiger partial charge in [-0.25, -0.2) is 9.97 Å². The molecular weight excluding hydrogens is 407 g/mol. The number of hydrogen-bond donors (Lipinski definition) is 1. The van der Waals surface area contributed by atoms with Gasteiger partial charge in [0.15, 0.2) is 11.5 Å². The lowest BCUT2D eigenvalue weighted by Gasteiger charge is -2.16. The molecule has 1 aliphatic carbocycles. The Morgan fingerprint density at radius 1 is 1.29 bits per heavy atom. The third-order valence-corrected chi connectivity index (χ3v) is 5.35. The number of fused-ring (bicyclic) bond motifs is 1. The van der Waals surface area contributed by atoms with Crippen LogP contribution in [0.25, 0.3) is 27.9 Å². The fourth-order valence-electron chi connectivity index (χ4n) is 3.37. The molecule has 6 nitrogen and oxygen atoms in total. The van der Waals surface area contributed by atoms with Gasteiger partial charge in [0.25, 0.3) is 0 Å². The normalized spacial score (nSPS) is 16.0. The summed E-state index contributed by atoms with van der Waals surface area (Å²) in [7, 11) is 0. The summed E-state index contributed by atoms with van der Waals surface area (Å²) in [6.45, 7) is 1.38. The highest BCUT2D eigenvalue weighted by molar-refractivity contribution is 6.12. The lowest BCUT2D eigenvalue weighted by atomic mass is 9.99. The molecule has 158 valence electrons. The van der Waals surface area contributed by atoms with Crippen molar-refractivity contribution in [1.29, 1.82) is 5.26 Å². The molecule has 1 aromatic carbocycles. The summed E-state index contributed by atoms with van der Waals surface area (Å²) in [4.78, 5) is 12.7. The number of hydrogen-bond acceptors (Lipinski definition) is 6. The van der Waals surface area contributed by atoms with E-state index < -0.39 is 11.6 Å². The third-order valence-electron chi connectivity index (χ3n) is 5.35. The molecule has 0 aliphatic heterocycles. The van der Waals surface area contributed by atoms with Gasteiger partial charge >= 0.3 is 6.18 Å². The van der Waals surface area contributed by atoms with Gasteiger partial charge in [-0.05, 0) is 43.2 Å². The number of oxazole rings is 1. The zero-order chi connectivity index (χ0) is 22.2. The van der Waals surface area contributed by atoms with Gasteiger partial charge in [0.05, 0.1) is 17.7 Å². The lowest BCUT2D eigenvalue weighted by Crippen LogP contribution is -2.27. The number of aryl methyl sites for hydroxylation is 1. The molecule has 2 aromatic heterocycles. The molecule has 0 saturated heterocycles. The number of aromatic nitrogens is 2. The first-order chi connectivity index (χ1) is 14.8. The number of halogens is 3. The molecule has 0 unspecified atom stereocenters. The Labute approximate surface area is 175 Å². The highest BCUT2D eigenvalue weighted by atomic mass is 19.4. The largest absolute Gasteiger partial charge is 0.441 e. The van der Waals surface area contributed by atoms with E-state index in [-0.39, 0.29) is 25.1 Å². The maximum absolute atomic E-state index is 13.2. The van der Waals surface area contributed by atoms with Crippen molar-refractivity contribution in [2.24, 2.45) is 16.1 Å². The van der Waals surface area contributed by atoms with Gasteiger partial charge in [0.2, 0.25) is 0 Å². The Hall–Kier alpha value is -3.67. The fourth-order valence-corrected chi connectivity index (χ4v) is 3.37. The molecule has 0 amide bonds. The molecule has 1 saturated carbocycles. The van der Waals surface area contributed by atoms with Gasteiger partial charge in [-0.1, -0.05) is 0 Å². The van der Waals surface area contributed by atoms with Crippen LogP contribution in [-0.4, -0.2) is 28.9 Å². The first-order valence-corrected chi connectivity index (χ1v) is 9.54. The molecule has 0 atom stereocenters. The van der Waals surface area contributed by atoms with Crippen LogP contribution in [0.4, 0.5) is 13.2 Å². The van der Waals surface area contributed by atoms with Crippen LogP contribution in [0.1, 0.15) is 30.0 Å². The van der Waals surface area contributed by atoms with Crippen LogP contribution in [0.2, 0.25) is 0 Å². The minimum absolute atomic E-state index is 0.0797. The van der Waals surface area contributed by atoms with Gasteiger partial charge in [-0.15, -0.1) is 0 Å². The van der Waals surface area contributed by atoms with Crippen molar-refractivity contribution in [2.45, 2.75) is 25.9 Å². The van der Waals surface area contributed by atoms with Crippen molar-refractivity contribution < 1.29 is 17.6 Å². The van der Waals surface area contributed by atoms with Gasteiger partial charge in [-0.2, -0.15) is 18.4 Å². The fraction of sp³-hybridized carbons (Fsp3) is 0.273. The van der Waals surface area contributed by atoms with Crippen molar-refractivity contribution in [3.05, 3.63) is 53.7 Å². The summed E-state index contributed by atoms with van der Waals surface area (Å²) in [5, 5.41) is 9.27. The Balaban J connectivity index is 1.71. The van der Waals surface area contributed by atoms with Crippen molar-refractivity contribution >= 4 is 22.9 Å². The van der Waals surface area contributed by atoms with E-state index in [9.17, 15) is 18.4 Å². The first kappa shape index (κ1) is 20.6. The smallest absolute Gasteiger partial charge is 0.396 e. The highest BCUT2D eigenvalue weighted by Gasteiger charge is 2.62. The number of benzene rings is 1. The molecule has 2 N–H and O–H groups in total. The molecule has 31 heavy (non-hydrogen) atoms. The second-order valence-corrected chi connectivity index (χ2v) is 7.49. The summed E-state index contributed by atoms with van der Waals surface area (Å²) in [5.74, 6) is 0.513. The highest BCUT2D eigenvalue weighted by Crippen LogP contribution is 2.57. The number of allylic oxidation sites excluding steroid dienone is 1. The maximum Gasteiger partial charge on any atom is 0.396 e. The Morgan fingerprint density at radius 2 is 2.06 bits per heavy atom. The zero-order valence-corrected chi connectivity index (χ0v) is 16.6. The molecule has 0 radical (unpaired) electrons. The zero-order valence-electron chi connectivity index (χ0n) is 16.6. The van der Waals surface area contributed by atoms with Crippen LogP contribution in [0.15, 0.2) is 45.9 Å². The molecular formula is C22H18F3N5O. The lowest BCUT2D eigenvalue weighted by molar-refractivity contribution is -0.183. The molecule has 1 fully saturated rings.